The van der Waals surface area contributed by atoms with Crippen LogP contribution in [0.1, 0.15) is 13.8 Å². The average molecular weight is 420 g/mol. The third-order valence-electron chi connectivity index (χ3n) is 4.57. The van der Waals surface area contributed by atoms with Crippen molar-refractivity contribution < 1.29 is 27.2 Å². The zero-order valence-corrected chi connectivity index (χ0v) is 16.2. The van der Waals surface area contributed by atoms with E-state index in [2.05, 4.69) is 20.3 Å². The van der Waals surface area contributed by atoms with E-state index in [-0.39, 0.29) is 11.9 Å². The lowest BCUT2D eigenvalue weighted by Crippen LogP contribution is -2.41. The zero-order chi connectivity index (χ0) is 21.3. The first-order chi connectivity index (χ1) is 14.3. The fourth-order valence-electron chi connectivity index (χ4n) is 3.21. The van der Waals surface area contributed by atoms with Gasteiger partial charge in [0.25, 0.3) is 5.88 Å². The van der Waals surface area contributed by atoms with E-state index in [1.165, 1.54) is 12.1 Å². The number of hydrogen-bond donors (Lipinski definition) is 1. The molecule has 3 aromatic rings. The predicted octanol–water partition coefficient (Wildman–Crippen LogP) is 4.36. The largest absolute Gasteiger partial charge is 0.573 e. The van der Waals surface area contributed by atoms with Gasteiger partial charge in [0.05, 0.1) is 11.9 Å². The number of benzene rings is 2. The van der Waals surface area contributed by atoms with Crippen LogP contribution in [0.25, 0.3) is 22.1 Å². The molecule has 7 nitrogen and oxygen atoms in total. The smallest absolute Gasteiger partial charge is 0.474 e. The van der Waals surface area contributed by atoms with Gasteiger partial charge in [0.2, 0.25) is 0 Å². The number of hydrogen-bond acceptors (Lipinski definition) is 7. The molecule has 0 fully saturated rings. The molecular weight excluding hydrogens is 401 g/mol. The Morgan fingerprint density at radius 3 is 2.53 bits per heavy atom. The van der Waals surface area contributed by atoms with Crippen LogP contribution in [0.15, 0.2) is 52.0 Å². The number of rotatable bonds is 6. The van der Waals surface area contributed by atoms with Gasteiger partial charge in [-0.3, -0.25) is 4.99 Å². The van der Waals surface area contributed by atoms with E-state index in [0.29, 0.717) is 30.0 Å². The number of amidine groups is 1. The standard InChI is InChI=1S/C20H19F3N4O3/c1-12-24-13(2)27(25-12)9-10-28-19-17-11-15(5-8-18(17)30-26-19)14-3-6-16(7-4-14)29-20(21,22)23/h3-8,11,13H,9-10H2,1-2H3,(H,24,25). The van der Waals surface area contributed by atoms with Gasteiger partial charge in [-0.05, 0) is 54.4 Å². The van der Waals surface area contributed by atoms with Gasteiger partial charge >= 0.3 is 6.36 Å². The molecule has 0 spiro atoms. The van der Waals surface area contributed by atoms with Crippen LogP contribution < -0.4 is 14.9 Å². The molecule has 1 aliphatic rings. The van der Waals surface area contributed by atoms with E-state index in [4.69, 9.17) is 9.26 Å². The number of alkyl halides is 3. The molecule has 30 heavy (non-hydrogen) atoms. The van der Waals surface area contributed by atoms with Crippen LogP contribution in [0.2, 0.25) is 0 Å². The minimum Gasteiger partial charge on any atom is -0.474 e. The second-order valence-corrected chi connectivity index (χ2v) is 6.77. The quantitative estimate of drug-likeness (QED) is 0.639. The number of fused-ring (bicyclic) bond motifs is 1. The Kier molecular flexibility index (Phi) is 5.25. The van der Waals surface area contributed by atoms with Crippen molar-refractivity contribution in [2.75, 3.05) is 13.2 Å². The molecule has 0 radical (unpaired) electrons. The van der Waals surface area contributed by atoms with Crippen molar-refractivity contribution in [3.8, 4) is 22.8 Å². The summed E-state index contributed by atoms with van der Waals surface area (Å²) in [5, 5.41) is 6.60. The Labute approximate surface area is 170 Å². The van der Waals surface area contributed by atoms with Gasteiger partial charge in [-0.1, -0.05) is 18.2 Å². The number of halogens is 3. The van der Waals surface area contributed by atoms with Crippen LogP contribution in [0.3, 0.4) is 0 Å². The van der Waals surface area contributed by atoms with Crippen LogP contribution in [0.4, 0.5) is 13.2 Å². The molecule has 10 heteroatoms. The Morgan fingerprint density at radius 1 is 1.13 bits per heavy atom. The highest BCUT2D eigenvalue weighted by Crippen LogP contribution is 2.31. The van der Waals surface area contributed by atoms with Gasteiger partial charge < -0.3 is 19.4 Å². The minimum absolute atomic E-state index is 0.0264. The first kappa shape index (κ1) is 20.0. The summed E-state index contributed by atoms with van der Waals surface area (Å²) >= 11 is 0. The Morgan fingerprint density at radius 2 is 1.87 bits per heavy atom. The maximum atomic E-state index is 12.3. The summed E-state index contributed by atoms with van der Waals surface area (Å²) in [4.78, 5) is 4.38. The van der Waals surface area contributed by atoms with Crippen LogP contribution in [-0.2, 0) is 0 Å². The summed E-state index contributed by atoms with van der Waals surface area (Å²) < 4.78 is 52.0. The lowest BCUT2D eigenvalue weighted by Gasteiger charge is -2.19. The third-order valence-corrected chi connectivity index (χ3v) is 4.57. The molecule has 0 saturated carbocycles. The predicted molar refractivity (Wildman–Crippen MR) is 104 cm³/mol. The van der Waals surface area contributed by atoms with Crippen molar-refractivity contribution in [2.24, 2.45) is 4.99 Å². The highest BCUT2D eigenvalue weighted by Gasteiger charge is 2.31. The molecule has 1 unspecified atom stereocenters. The molecule has 1 aliphatic heterocycles. The molecule has 2 aromatic carbocycles. The molecule has 0 aliphatic carbocycles. The fraction of sp³-hybridized carbons (Fsp3) is 0.300. The van der Waals surface area contributed by atoms with E-state index in [1.54, 1.807) is 24.3 Å². The fourth-order valence-corrected chi connectivity index (χ4v) is 3.21. The second kappa shape index (κ2) is 7.86. The summed E-state index contributed by atoms with van der Waals surface area (Å²) in [6.07, 6.45) is -4.69. The molecule has 1 N–H and O–H groups in total. The van der Waals surface area contributed by atoms with Crippen molar-refractivity contribution in [3.63, 3.8) is 0 Å². The van der Waals surface area contributed by atoms with E-state index in [0.717, 1.165) is 17.0 Å². The molecule has 0 bridgehead atoms. The van der Waals surface area contributed by atoms with Crippen LogP contribution in [0, 0.1) is 0 Å². The number of nitrogens with one attached hydrogen (secondary N) is 1. The van der Waals surface area contributed by atoms with Gasteiger partial charge in [0.15, 0.2) is 5.58 Å². The molecule has 0 amide bonds. The maximum Gasteiger partial charge on any atom is 0.573 e. The normalized spacial score (nSPS) is 17.1. The lowest BCUT2D eigenvalue weighted by atomic mass is 10.0. The number of aliphatic imine (C=N–C) groups is 1. The molecular formula is C20H19F3N4O3. The van der Waals surface area contributed by atoms with E-state index < -0.39 is 6.36 Å². The summed E-state index contributed by atoms with van der Waals surface area (Å²) in [7, 11) is 0. The van der Waals surface area contributed by atoms with Gasteiger partial charge in [-0.25, -0.2) is 0 Å². The lowest BCUT2D eigenvalue weighted by molar-refractivity contribution is -0.274. The third kappa shape index (κ3) is 4.48. The number of nitrogens with zero attached hydrogens (tertiary/aromatic N) is 3. The second-order valence-electron chi connectivity index (χ2n) is 6.77. The van der Waals surface area contributed by atoms with Gasteiger partial charge in [-0.2, -0.15) is 5.01 Å². The van der Waals surface area contributed by atoms with Gasteiger partial charge in [0, 0.05) is 0 Å². The van der Waals surface area contributed by atoms with Crippen molar-refractivity contribution in [2.45, 2.75) is 26.4 Å². The van der Waals surface area contributed by atoms with Crippen LogP contribution in [-0.4, -0.2) is 41.7 Å². The summed E-state index contributed by atoms with van der Waals surface area (Å²) in [5.74, 6) is 0.935. The van der Waals surface area contributed by atoms with Gasteiger partial charge in [0.1, 0.15) is 24.4 Å². The molecule has 4 rings (SSSR count). The van der Waals surface area contributed by atoms with Crippen LogP contribution in [0.5, 0.6) is 11.6 Å². The molecule has 2 heterocycles. The molecule has 158 valence electrons. The Hall–Kier alpha value is -3.27. The van der Waals surface area contributed by atoms with Gasteiger partial charge in [-0.15, -0.1) is 13.2 Å². The highest BCUT2D eigenvalue weighted by atomic mass is 19.4. The number of hydrazine groups is 1. The number of ether oxygens (including phenoxy) is 2. The first-order valence-electron chi connectivity index (χ1n) is 9.24. The van der Waals surface area contributed by atoms with E-state index >= 15 is 0 Å². The van der Waals surface area contributed by atoms with Crippen molar-refractivity contribution >= 4 is 16.8 Å². The maximum absolute atomic E-state index is 12.3. The topological polar surface area (TPSA) is 72.1 Å². The van der Waals surface area contributed by atoms with Crippen molar-refractivity contribution in [1.29, 1.82) is 0 Å². The average Bonchev–Trinajstić information content (AvgIpc) is 3.23. The monoisotopic (exact) mass is 420 g/mol. The SMILES string of the molecule is CC1=NC(C)N(CCOc2noc3ccc(-c4ccc(OC(F)(F)F)cc4)cc23)N1. The Bertz CT molecular complexity index is 1060. The highest BCUT2D eigenvalue weighted by molar-refractivity contribution is 5.87. The number of aromatic nitrogens is 1. The summed E-state index contributed by atoms with van der Waals surface area (Å²) in [5.41, 5.74) is 5.21. The van der Waals surface area contributed by atoms with E-state index in [9.17, 15) is 13.2 Å². The summed E-state index contributed by atoms with van der Waals surface area (Å²) in [6, 6.07) is 11.0. The molecule has 1 atom stereocenters. The zero-order valence-electron chi connectivity index (χ0n) is 16.2. The van der Waals surface area contributed by atoms with E-state index in [1.807, 2.05) is 24.9 Å². The van der Waals surface area contributed by atoms with Crippen LogP contribution >= 0.6 is 0 Å². The Balaban J connectivity index is 1.46. The molecule has 0 saturated heterocycles. The van der Waals surface area contributed by atoms with Crippen molar-refractivity contribution in [1.82, 2.24) is 15.6 Å². The first-order valence-corrected chi connectivity index (χ1v) is 9.24. The van der Waals surface area contributed by atoms with Crippen molar-refractivity contribution in [3.05, 3.63) is 42.5 Å². The molecule has 1 aromatic heterocycles. The minimum atomic E-state index is -4.72. The summed E-state index contributed by atoms with van der Waals surface area (Å²) in [6.45, 7) is 4.84.